The summed E-state index contributed by atoms with van der Waals surface area (Å²) in [6, 6.07) is 8.68. The molecule has 1 aromatic carbocycles. The third-order valence-corrected chi connectivity index (χ3v) is 4.28. The number of halogens is 1. The molecule has 0 aliphatic carbocycles. The Kier molecular flexibility index (Phi) is 4.04. The highest BCUT2D eigenvalue weighted by Crippen LogP contribution is 2.28. The lowest BCUT2D eigenvalue weighted by molar-refractivity contribution is 0.336. The highest BCUT2D eigenvalue weighted by molar-refractivity contribution is 9.10. The summed E-state index contributed by atoms with van der Waals surface area (Å²) in [7, 11) is 0. The SMILES string of the molecule is CCC1(CCc2cccc(Br)c2)CCCN1. The Balaban J connectivity index is 1.95. The summed E-state index contributed by atoms with van der Waals surface area (Å²) in [5.74, 6) is 0. The zero-order chi connectivity index (χ0) is 11.4. The van der Waals surface area contributed by atoms with Crippen LogP contribution in [0.15, 0.2) is 28.7 Å². The van der Waals surface area contributed by atoms with Gasteiger partial charge in [0.15, 0.2) is 0 Å². The molecule has 1 heterocycles. The van der Waals surface area contributed by atoms with Gasteiger partial charge in [-0.1, -0.05) is 35.0 Å². The first-order valence-corrected chi connectivity index (χ1v) is 7.03. The Hall–Kier alpha value is -0.340. The van der Waals surface area contributed by atoms with Crippen molar-refractivity contribution in [1.29, 1.82) is 0 Å². The van der Waals surface area contributed by atoms with Crippen molar-refractivity contribution in [2.24, 2.45) is 0 Å². The monoisotopic (exact) mass is 281 g/mol. The Morgan fingerprint density at radius 3 is 2.94 bits per heavy atom. The van der Waals surface area contributed by atoms with E-state index >= 15 is 0 Å². The Bertz CT molecular complexity index is 342. The van der Waals surface area contributed by atoms with E-state index in [1.165, 1.54) is 48.7 Å². The second-order valence-electron chi connectivity index (χ2n) is 4.79. The number of hydrogen-bond acceptors (Lipinski definition) is 1. The van der Waals surface area contributed by atoms with Gasteiger partial charge in [-0.05, 0) is 56.3 Å². The zero-order valence-electron chi connectivity index (χ0n) is 9.93. The molecule has 1 nitrogen and oxygen atoms in total. The summed E-state index contributed by atoms with van der Waals surface area (Å²) in [4.78, 5) is 0. The van der Waals surface area contributed by atoms with E-state index in [0.717, 1.165) is 0 Å². The summed E-state index contributed by atoms with van der Waals surface area (Å²) in [6.07, 6.45) is 6.38. The second-order valence-corrected chi connectivity index (χ2v) is 5.71. The first-order chi connectivity index (χ1) is 7.74. The topological polar surface area (TPSA) is 12.0 Å². The van der Waals surface area contributed by atoms with Crippen molar-refractivity contribution in [2.75, 3.05) is 6.54 Å². The van der Waals surface area contributed by atoms with E-state index in [2.05, 4.69) is 52.4 Å². The van der Waals surface area contributed by atoms with Crippen LogP contribution in [-0.2, 0) is 6.42 Å². The highest BCUT2D eigenvalue weighted by Gasteiger charge is 2.30. The van der Waals surface area contributed by atoms with Gasteiger partial charge in [0.25, 0.3) is 0 Å². The van der Waals surface area contributed by atoms with Gasteiger partial charge < -0.3 is 5.32 Å². The van der Waals surface area contributed by atoms with Crippen LogP contribution in [0.2, 0.25) is 0 Å². The van der Waals surface area contributed by atoms with Gasteiger partial charge in [0.05, 0.1) is 0 Å². The quantitative estimate of drug-likeness (QED) is 0.882. The number of rotatable bonds is 4. The minimum absolute atomic E-state index is 0.419. The van der Waals surface area contributed by atoms with Crippen LogP contribution in [0.1, 0.15) is 38.2 Å². The average Bonchev–Trinajstić information content (AvgIpc) is 2.76. The van der Waals surface area contributed by atoms with E-state index in [4.69, 9.17) is 0 Å². The summed E-state index contributed by atoms with van der Waals surface area (Å²) < 4.78 is 1.19. The molecule has 1 atom stereocenters. The number of benzene rings is 1. The number of hydrogen-bond donors (Lipinski definition) is 1. The maximum absolute atomic E-state index is 3.69. The van der Waals surface area contributed by atoms with Gasteiger partial charge in [0.2, 0.25) is 0 Å². The van der Waals surface area contributed by atoms with Crippen molar-refractivity contribution in [3.8, 4) is 0 Å². The molecule has 0 saturated carbocycles. The van der Waals surface area contributed by atoms with Crippen molar-refractivity contribution in [3.63, 3.8) is 0 Å². The fourth-order valence-corrected chi connectivity index (χ4v) is 3.08. The molecule has 88 valence electrons. The lowest BCUT2D eigenvalue weighted by atomic mass is 9.87. The molecule has 0 spiro atoms. The van der Waals surface area contributed by atoms with Gasteiger partial charge in [-0.2, -0.15) is 0 Å². The van der Waals surface area contributed by atoms with Crippen LogP contribution in [-0.4, -0.2) is 12.1 Å². The van der Waals surface area contributed by atoms with Crippen LogP contribution >= 0.6 is 15.9 Å². The van der Waals surface area contributed by atoms with Gasteiger partial charge in [0, 0.05) is 10.0 Å². The van der Waals surface area contributed by atoms with Crippen LogP contribution in [0.5, 0.6) is 0 Å². The minimum atomic E-state index is 0.419. The third-order valence-electron chi connectivity index (χ3n) is 3.79. The molecule has 0 radical (unpaired) electrons. The second kappa shape index (κ2) is 5.33. The van der Waals surface area contributed by atoms with E-state index in [-0.39, 0.29) is 0 Å². The zero-order valence-corrected chi connectivity index (χ0v) is 11.5. The number of aryl methyl sites for hydroxylation is 1. The van der Waals surface area contributed by atoms with E-state index in [9.17, 15) is 0 Å². The van der Waals surface area contributed by atoms with Gasteiger partial charge in [-0.15, -0.1) is 0 Å². The standard InChI is InChI=1S/C14H20BrN/c1-2-14(8-4-10-16-14)9-7-12-5-3-6-13(15)11-12/h3,5-6,11,16H,2,4,7-10H2,1H3. The van der Waals surface area contributed by atoms with Crippen molar-refractivity contribution < 1.29 is 0 Å². The van der Waals surface area contributed by atoms with Crippen molar-refractivity contribution in [2.45, 2.75) is 44.6 Å². The molecule has 1 aromatic rings. The molecule has 1 aliphatic rings. The Morgan fingerprint density at radius 1 is 1.44 bits per heavy atom. The normalized spacial score (nSPS) is 24.9. The Labute approximate surface area is 107 Å². The van der Waals surface area contributed by atoms with Crippen LogP contribution in [0.3, 0.4) is 0 Å². The predicted octanol–water partition coefficient (Wildman–Crippen LogP) is 3.91. The maximum Gasteiger partial charge on any atom is 0.0182 e. The third kappa shape index (κ3) is 2.86. The van der Waals surface area contributed by atoms with Crippen molar-refractivity contribution >= 4 is 15.9 Å². The molecule has 1 N–H and O–H groups in total. The molecule has 1 aliphatic heterocycles. The first-order valence-electron chi connectivity index (χ1n) is 6.24. The minimum Gasteiger partial charge on any atom is -0.311 e. The summed E-state index contributed by atoms with van der Waals surface area (Å²) in [5, 5.41) is 3.69. The van der Waals surface area contributed by atoms with Gasteiger partial charge in [-0.3, -0.25) is 0 Å². The van der Waals surface area contributed by atoms with E-state index < -0.39 is 0 Å². The van der Waals surface area contributed by atoms with Crippen LogP contribution in [0.4, 0.5) is 0 Å². The smallest absolute Gasteiger partial charge is 0.0182 e. The molecule has 2 rings (SSSR count). The lowest BCUT2D eigenvalue weighted by Crippen LogP contribution is -2.39. The first kappa shape index (κ1) is 12.1. The molecule has 1 unspecified atom stereocenters. The molecular formula is C14H20BrN. The van der Waals surface area contributed by atoms with Crippen LogP contribution in [0.25, 0.3) is 0 Å². The Morgan fingerprint density at radius 2 is 2.31 bits per heavy atom. The van der Waals surface area contributed by atoms with Crippen LogP contribution in [0, 0.1) is 0 Å². The van der Waals surface area contributed by atoms with Gasteiger partial charge in [0.1, 0.15) is 0 Å². The predicted molar refractivity (Wildman–Crippen MR) is 72.7 cm³/mol. The van der Waals surface area contributed by atoms with Crippen LogP contribution < -0.4 is 5.32 Å². The average molecular weight is 282 g/mol. The van der Waals surface area contributed by atoms with E-state index in [1.54, 1.807) is 0 Å². The highest BCUT2D eigenvalue weighted by atomic mass is 79.9. The lowest BCUT2D eigenvalue weighted by Gasteiger charge is -2.28. The molecule has 0 amide bonds. The summed E-state index contributed by atoms with van der Waals surface area (Å²) in [6.45, 7) is 3.51. The molecule has 2 heteroatoms. The summed E-state index contributed by atoms with van der Waals surface area (Å²) in [5.41, 5.74) is 1.86. The molecule has 0 aromatic heterocycles. The molecular weight excluding hydrogens is 262 g/mol. The van der Waals surface area contributed by atoms with E-state index in [0.29, 0.717) is 5.54 Å². The fourth-order valence-electron chi connectivity index (χ4n) is 2.64. The maximum atomic E-state index is 3.69. The number of nitrogens with one attached hydrogen (secondary N) is 1. The van der Waals surface area contributed by atoms with Crippen molar-refractivity contribution in [1.82, 2.24) is 5.32 Å². The van der Waals surface area contributed by atoms with Crippen molar-refractivity contribution in [3.05, 3.63) is 34.3 Å². The molecule has 1 fully saturated rings. The molecule has 1 saturated heterocycles. The fraction of sp³-hybridized carbons (Fsp3) is 0.571. The molecule has 16 heavy (non-hydrogen) atoms. The largest absolute Gasteiger partial charge is 0.311 e. The van der Waals surface area contributed by atoms with Gasteiger partial charge >= 0.3 is 0 Å². The van der Waals surface area contributed by atoms with Gasteiger partial charge in [-0.25, -0.2) is 0 Å². The van der Waals surface area contributed by atoms with E-state index in [1.807, 2.05) is 0 Å². The summed E-state index contributed by atoms with van der Waals surface area (Å²) >= 11 is 3.53. The molecule has 0 bridgehead atoms.